The molecule has 3 aliphatic heterocycles. The summed E-state index contributed by atoms with van der Waals surface area (Å²) < 4.78 is 10.5. The number of nitrogens with zero attached hydrogens (tertiary/aromatic N) is 4. The van der Waals surface area contributed by atoms with Crippen LogP contribution in [-0.2, 0) is 14.3 Å². The molecular weight excluding hydrogens is 594 g/mol. The predicted molar refractivity (Wildman–Crippen MR) is 178 cm³/mol. The largest absolute Gasteiger partial charge is 0.453 e. The van der Waals surface area contributed by atoms with Crippen molar-refractivity contribution in [1.29, 1.82) is 0 Å². The van der Waals surface area contributed by atoms with Gasteiger partial charge in [0.25, 0.3) is 0 Å². The third-order valence-corrected chi connectivity index (χ3v) is 10.00. The maximum atomic E-state index is 13.8. The Morgan fingerprint density at radius 2 is 1.40 bits per heavy atom. The summed E-state index contributed by atoms with van der Waals surface area (Å²) in [5.74, 6) is 1.59. The first-order chi connectivity index (χ1) is 23.0. The van der Waals surface area contributed by atoms with Gasteiger partial charge in [-0.1, -0.05) is 48.5 Å². The molecule has 4 aromatic rings. The standard InChI is InChI=1S/C36H43N7O4/c1-42-17-3-7-30(42)33-37-20-28(39-33)25-13-9-23(10-14-25)24-11-15-26(16-12-24)29-21-38-34(40-29)31-8-4-18-43(31)35(44)32(41-36(45)46-2)27-6-5-19-47-22-27/h9-16,20-21,27,30-32H,3-8,17-19,22H2,1-2H3,(H,37,39)(H,38,40)(H,41,45). The van der Waals surface area contributed by atoms with E-state index in [-0.39, 0.29) is 17.9 Å². The number of likely N-dealkylation sites (tertiary alicyclic amines) is 2. The van der Waals surface area contributed by atoms with Crippen molar-refractivity contribution in [1.82, 2.24) is 35.1 Å². The van der Waals surface area contributed by atoms with E-state index in [2.05, 4.69) is 80.7 Å². The maximum Gasteiger partial charge on any atom is 0.407 e. The van der Waals surface area contributed by atoms with Crippen LogP contribution in [0.15, 0.2) is 60.9 Å². The van der Waals surface area contributed by atoms with E-state index >= 15 is 0 Å². The van der Waals surface area contributed by atoms with Gasteiger partial charge in [0, 0.05) is 19.1 Å². The second kappa shape index (κ2) is 13.7. The number of rotatable bonds is 8. The second-order valence-corrected chi connectivity index (χ2v) is 12.9. The van der Waals surface area contributed by atoms with Crippen molar-refractivity contribution in [2.75, 3.05) is 40.5 Å². The van der Waals surface area contributed by atoms with Crippen LogP contribution in [0.4, 0.5) is 4.79 Å². The van der Waals surface area contributed by atoms with Crippen molar-refractivity contribution in [2.45, 2.75) is 56.7 Å². The van der Waals surface area contributed by atoms with Crippen LogP contribution in [-0.4, -0.2) is 88.2 Å². The molecule has 2 aromatic carbocycles. The van der Waals surface area contributed by atoms with E-state index in [4.69, 9.17) is 14.5 Å². The number of hydrogen-bond acceptors (Lipinski definition) is 7. The number of nitrogens with one attached hydrogen (secondary N) is 3. The number of aromatic nitrogens is 4. The number of aromatic amines is 2. The fourth-order valence-electron chi connectivity index (χ4n) is 7.33. The van der Waals surface area contributed by atoms with Crippen LogP contribution in [0.3, 0.4) is 0 Å². The zero-order valence-electron chi connectivity index (χ0n) is 27.1. The van der Waals surface area contributed by atoms with Gasteiger partial charge in [0.15, 0.2) is 0 Å². The molecule has 0 radical (unpaired) electrons. The number of ether oxygens (including phenoxy) is 2. The number of carbonyl (C=O) groups is 2. The van der Waals surface area contributed by atoms with Gasteiger partial charge in [0.1, 0.15) is 17.7 Å². The van der Waals surface area contributed by atoms with E-state index < -0.39 is 12.1 Å². The number of H-pyrrole nitrogens is 2. The smallest absolute Gasteiger partial charge is 0.407 e. The first kappa shape index (κ1) is 31.1. The Morgan fingerprint density at radius 1 is 0.830 bits per heavy atom. The normalized spacial score (nSPS) is 22.3. The molecule has 0 aliphatic carbocycles. The third kappa shape index (κ3) is 6.55. The summed E-state index contributed by atoms with van der Waals surface area (Å²) in [6.07, 6.45) is 8.86. The van der Waals surface area contributed by atoms with Crippen LogP contribution in [0.25, 0.3) is 33.6 Å². The average Bonchev–Trinajstić information content (AvgIpc) is 3.94. The zero-order chi connectivity index (χ0) is 32.3. The Labute approximate surface area is 275 Å². The number of carbonyl (C=O) groups excluding carboxylic acids is 2. The molecule has 3 N–H and O–H groups in total. The molecule has 11 nitrogen and oxygen atoms in total. The van der Waals surface area contributed by atoms with E-state index in [1.165, 1.54) is 13.5 Å². The molecule has 4 unspecified atom stereocenters. The first-order valence-electron chi connectivity index (χ1n) is 16.7. The summed E-state index contributed by atoms with van der Waals surface area (Å²) in [6.45, 7) is 2.84. The Kier molecular flexibility index (Phi) is 9.08. The fourth-order valence-corrected chi connectivity index (χ4v) is 7.33. The fraction of sp³-hybridized carbons (Fsp3) is 0.444. The molecule has 2 aromatic heterocycles. The lowest BCUT2D eigenvalue weighted by Crippen LogP contribution is -2.53. The molecule has 11 heteroatoms. The molecule has 3 saturated heterocycles. The highest BCUT2D eigenvalue weighted by atomic mass is 16.5. The zero-order valence-corrected chi connectivity index (χ0v) is 27.1. The van der Waals surface area contributed by atoms with Crippen molar-refractivity contribution in [2.24, 2.45) is 5.92 Å². The van der Waals surface area contributed by atoms with Crippen molar-refractivity contribution in [3.63, 3.8) is 0 Å². The summed E-state index contributed by atoms with van der Waals surface area (Å²) in [4.78, 5) is 46.6. The van der Waals surface area contributed by atoms with Crippen LogP contribution in [0.2, 0.25) is 0 Å². The van der Waals surface area contributed by atoms with E-state index in [0.29, 0.717) is 25.8 Å². The van der Waals surface area contributed by atoms with Crippen LogP contribution in [0, 0.1) is 5.92 Å². The summed E-state index contributed by atoms with van der Waals surface area (Å²) >= 11 is 0. The first-order valence-corrected chi connectivity index (χ1v) is 16.7. The quantitative estimate of drug-likeness (QED) is 0.226. The summed E-state index contributed by atoms with van der Waals surface area (Å²) in [6, 6.07) is 16.5. The van der Waals surface area contributed by atoms with Gasteiger partial charge in [-0.25, -0.2) is 14.8 Å². The van der Waals surface area contributed by atoms with Crippen LogP contribution in [0.5, 0.6) is 0 Å². The van der Waals surface area contributed by atoms with Crippen molar-refractivity contribution < 1.29 is 19.1 Å². The topological polar surface area (TPSA) is 128 Å². The molecule has 47 heavy (non-hydrogen) atoms. The number of alkyl carbamates (subject to hydrolysis) is 1. The Balaban J connectivity index is 1.02. The molecule has 246 valence electrons. The Bertz CT molecular complexity index is 1680. The van der Waals surface area contributed by atoms with Crippen molar-refractivity contribution in [3.05, 3.63) is 72.6 Å². The van der Waals surface area contributed by atoms with Gasteiger partial charge in [-0.2, -0.15) is 0 Å². The van der Waals surface area contributed by atoms with Gasteiger partial charge in [-0.05, 0) is 74.4 Å². The highest BCUT2D eigenvalue weighted by molar-refractivity contribution is 5.86. The lowest BCUT2D eigenvalue weighted by atomic mass is 9.92. The molecular formula is C36H43N7O4. The molecule has 7 rings (SSSR count). The lowest BCUT2D eigenvalue weighted by Gasteiger charge is -2.34. The number of imidazole rings is 2. The minimum absolute atomic E-state index is 0.0966. The van der Waals surface area contributed by atoms with Gasteiger partial charge in [-0.3, -0.25) is 9.69 Å². The van der Waals surface area contributed by atoms with E-state index in [1.54, 1.807) is 0 Å². The van der Waals surface area contributed by atoms with E-state index in [1.807, 2.05) is 17.3 Å². The van der Waals surface area contributed by atoms with Gasteiger partial charge in [0.05, 0.1) is 49.6 Å². The number of amides is 2. The molecule has 0 saturated carbocycles. The van der Waals surface area contributed by atoms with Gasteiger partial charge < -0.3 is 29.7 Å². The molecule has 3 fully saturated rings. The van der Waals surface area contributed by atoms with Gasteiger partial charge in [0.2, 0.25) is 5.91 Å². The minimum Gasteiger partial charge on any atom is -0.453 e. The monoisotopic (exact) mass is 637 g/mol. The molecule has 2 amide bonds. The predicted octanol–water partition coefficient (Wildman–Crippen LogP) is 5.72. The van der Waals surface area contributed by atoms with Crippen LogP contribution < -0.4 is 5.32 Å². The molecule has 3 aliphatic rings. The SMILES string of the molecule is COC(=O)NC(C(=O)N1CCCC1c1ncc(-c2ccc(-c3ccc(-c4cnc(C5CCCN5C)[nH]4)cc3)cc2)[nH]1)C1CCCOC1. The number of methoxy groups -OCH3 is 1. The van der Waals surface area contributed by atoms with Gasteiger partial charge >= 0.3 is 6.09 Å². The average molecular weight is 638 g/mol. The third-order valence-electron chi connectivity index (χ3n) is 10.00. The molecule has 5 heterocycles. The Morgan fingerprint density at radius 3 is 1.96 bits per heavy atom. The summed E-state index contributed by atoms with van der Waals surface area (Å²) in [5, 5.41) is 2.79. The summed E-state index contributed by atoms with van der Waals surface area (Å²) in [5.41, 5.74) is 6.34. The van der Waals surface area contributed by atoms with Crippen LogP contribution >= 0.6 is 0 Å². The van der Waals surface area contributed by atoms with Crippen molar-refractivity contribution in [3.8, 4) is 33.6 Å². The highest BCUT2D eigenvalue weighted by Crippen LogP contribution is 2.35. The number of hydrogen-bond donors (Lipinski definition) is 3. The van der Waals surface area contributed by atoms with Gasteiger partial charge in [-0.15, -0.1) is 0 Å². The van der Waals surface area contributed by atoms with E-state index in [9.17, 15) is 9.59 Å². The molecule has 0 spiro atoms. The lowest BCUT2D eigenvalue weighted by molar-refractivity contribution is -0.137. The maximum absolute atomic E-state index is 13.8. The summed E-state index contributed by atoms with van der Waals surface area (Å²) in [7, 11) is 3.47. The number of benzene rings is 2. The molecule has 4 atom stereocenters. The second-order valence-electron chi connectivity index (χ2n) is 12.9. The van der Waals surface area contributed by atoms with Crippen molar-refractivity contribution >= 4 is 12.0 Å². The Hall–Kier alpha value is -4.48. The molecule has 0 bridgehead atoms. The van der Waals surface area contributed by atoms with E-state index in [0.717, 1.165) is 83.9 Å². The minimum atomic E-state index is -0.699. The van der Waals surface area contributed by atoms with Crippen LogP contribution in [0.1, 0.15) is 62.3 Å². The highest BCUT2D eigenvalue weighted by Gasteiger charge is 2.40.